The first-order valence-electron chi connectivity index (χ1n) is 9.11. The highest BCUT2D eigenvalue weighted by Crippen LogP contribution is 2.33. The fourth-order valence-corrected chi connectivity index (χ4v) is 4.01. The van der Waals surface area contributed by atoms with Crippen LogP contribution in [0.4, 0.5) is 5.69 Å². The van der Waals surface area contributed by atoms with Crippen LogP contribution in [-0.2, 0) is 0 Å². The molecule has 0 saturated carbocycles. The molecule has 0 bridgehead atoms. The molecule has 28 heavy (non-hydrogen) atoms. The predicted molar refractivity (Wildman–Crippen MR) is 117 cm³/mol. The first-order valence-corrected chi connectivity index (χ1v) is 9.93. The van der Waals surface area contributed by atoms with Crippen molar-refractivity contribution in [1.29, 1.82) is 0 Å². The van der Waals surface area contributed by atoms with Crippen LogP contribution in [-0.4, -0.2) is 10.9 Å². The van der Waals surface area contributed by atoms with Gasteiger partial charge in [0, 0.05) is 27.3 Å². The van der Waals surface area contributed by atoms with E-state index in [2.05, 4.69) is 24.4 Å². The molecule has 0 radical (unpaired) electrons. The zero-order chi connectivity index (χ0) is 19.5. The number of hydrogen-bond acceptors (Lipinski definition) is 3. The third kappa shape index (κ3) is 3.87. The largest absolute Gasteiger partial charge is 0.322 e. The molecule has 0 atom stereocenters. The topological polar surface area (TPSA) is 42.0 Å². The summed E-state index contributed by atoms with van der Waals surface area (Å²) in [4.78, 5) is 18.4. The quantitative estimate of drug-likeness (QED) is 0.446. The number of thiazole rings is 1. The minimum absolute atomic E-state index is 0.104. The summed E-state index contributed by atoms with van der Waals surface area (Å²) < 4.78 is 0. The molecule has 0 aliphatic rings. The monoisotopic (exact) mass is 384 g/mol. The Kier molecular flexibility index (Phi) is 5.04. The summed E-state index contributed by atoms with van der Waals surface area (Å²) in [7, 11) is 0. The van der Waals surface area contributed by atoms with E-state index >= 15 is 0 Å². The Morgan fingerprint density at radius 1 is 0.857 bits per heavy atom. The van der Waals surface area contributed by atoms with E-state index in [0.717, 1.165) is 33.1 Å². The van der Waals surface area contributed by atoms with E-state index in [1.807, 2.05) is 73.7 Å². The standard InChI is InChI=1S/C24H20N2OS/c1-16-7-6-10-20(15-16)23(27)25-21-13-11-18(12-14-21)22-17(2)28-24(26-22)19-8-4-3-5-9-19/h3-15H,1-2H3,(H,25,27). The summed E-state index contributed by atoms with van der Waals surface area (Å²) in [5, 5.41) is 3.97. The van der Waals surface area contributed by atoms with Gasteiger partial charge in [0.2, 0.25) is 0 Å². The van der Waals surface area contributed by atoms with Crippen molar-refractivity contribution in [3.63, 3.8) is 0 Å². The van der Waals surface area contributed by atoms with Crippen LogP contribution in [0.2, 0.25) is 0 Å². The molecule has 4 heteroatoms. The summed E-state index contributed by atoms with van der Waals surface area (Å²) >= 11 is 1.69. The Morgan fingerprint density at radius 2 is 1.61 bits per heavy atom. The Morgan fingerprint density at radius 3 is 2.32 bits per heavy atom. The maximum atomic E-state index is 12.4. The van der Waals surface area contributed by atoms with Crippen LogP contribution >= 0.6 is 11.3 Å². The molecular formula is C24H20N2OS. The van der Waals surface area contributed by atoms with Crippen molar-refractivity contribution in [3.8, 4) is 21.8 Å². The number of carbonyl (C=O) groups excluding carboxylic acids is 1. The van der Waals surface area contributed by atoms with Gasteiger partial charge in [-0.05, 0) is 38.1 Å². The van der Waals surface area contributed by atoms with Gasteiger partial charge in [0.25, 0.3) is 5.91 Å². The molecule has 0 fully saturated rings. The van der Waals surface area contributed by atoms with Gasteiger partial charge < -0.3 is 5.32 Å². The number of aryl methyl sites for hydroxylation is 2. The zero-order valence-electron chi connectivity index (χ0n) is 15.8. The molecule has 1 N–H and O–H groups in total. The van der Waals surface area contributed by atoms with Crippen molar-refractivity contribution in [2.24, 2.45) is 0 Å². The van der Waals surface area contributed by atoms with E-state index in [1.54, 1.807) is 11.3 Å². The lowest BCUT2D eigenvalue weighted by Gasteiger charge is -2.07. The lowest BCUT2D eigenvalue weighted by molar-refractivity contribution is 0.102. The van der Waals surface area contributed by atoms with Crippen LogP contribution < -0.4 is 5.32 Å². The van der Waals surface area contributed by atoms with E-state index in [4.69, 9.17) is 4.98 Å². The van der Waals surface area contributed by atoms with Gasteiger partial charge in [0.15, 0.2) is 0 Å². The van der Waals surface area contributed by atoms with Crippen molar-refractivity contribution < 1.29 is 4.79 Å². The summed E-state index contributed by atoms with van der Waals surface area (Å²) in [5.74, 6) is -0.104. The number of nitrogens with one attached hydrogen (secondary N) is 1. The van der Waals surface area contributed by atoms with E-state index in [0.29, 0.717) is 5.56 Å². The van der Waals surface area contributed by atoms with Crippen molar-refractivity contribution in [2.45, 2.75) is 13.8 Å². The van der Waals surface area contributed by atoms with Crippen LogP contribution in [0, 0.1) is 13.8 Å². The number of carbonyl (C=O) groups is 1. The summed E-state index contributed by atoms with van der Waals surface area (Å²) in [5.41, 5.74) is 5.66. The molecule has 0 aliphatic carbocycles. The highest BCUT2D eigenvalue weighted by atomic mass is 32.1. The molecule has 1 heterocycles. The Balaban J connectivity index is 1.54. The number of hydrogen-bond donors (Lipinski definition) is 1. The molecular weight excluding hydrogens is 364 g/mol. The summed E-state index contributed by atoms with van der Waals surface area (Å²) in [6.07, 6.45) is 0. The minimum Gasteiger partial charge on any atom is -0.322 e. The fourth-order valence-electron chi connectivity index (χ4n) is 3.07. The summed E-state index contributed by atoms with van der Waals surface area (Å²) in [6, 6.07) is 25.6. The molecule has 0 spiro atoms. The number of rotatable bonds is 4. The molecule has 0 unspecified atom stereocenters. The van der Waals surface area contributed by atoms with Gasteiger partial charge in [-0.1, -0.05) is 60.2 Å². The maximum Gasteiger partial charge on any atom is 0.255 e. The van der Waals surface area contributed by atoms with Crippen molar-refractivity contribution in [3.05, 3.63) is 94.9 Å². The summed E-state index contributed by atoms with van der Waals surface area (Å²) in [6.45, 7) is 4.07. The van der Waals surface area contributed by atoms with E-state index in [9.17, 15) is 4.79 Å². The van der Waals surface area contributed by atoms with Crippen LogP contribution in [0.5, 0.6) is 0 Å². The number of amides is 1. The Labute approximate surface area is 168 Å². The fraction of sp³-hybridized carbons (Fsp3) is 0.0833. The maximum absolute atomic E-state index is 12.4. The smallest absolute Gasteiger partial charge is 0.255 e. The van der Waals surface area contributed by atoms with Gasteiger partial charge in [0.1, 0.15) is 5.01 Å². The van der Waals surface area contributed by atoms with Crippen molar-refractivity contribution in [1.82, 2.24) is 4.98 Å². The van der Waals surface area contributed by atoms with Gasteiger partial charge in [-0.3, -0.25) is 4.79 Å². The highest BCUT2D eigenvalue weighted by Gasteiger charge is 2.12. The van der Waals surface area contributed by atoms with Crippen LogP contribution in [0.1, 0.15) is 20.8 Å². The Bertz CT molecular complexity index is 1120. The van der Waals surface area contributed by atoms with Gasteiger partial charge in [-0.15, -0.1) is 11.3 Å². The zero-order valence-corrected chi connectivity index (χ0v) is 16.6. The molecule has 3 aromatic carbocycles. The number of benzene rings is 3. The first kappa shape index (κ1) is 18.1. The molecule has 0 aliphatic heterocycles. The molecule has 4 aromatic rings. The average Bonchev–Trinajstić information content (AvgIpc) is 3.11. The van der Waals surface area contributed by atoms with Crippen LogP contribution in [0.15, 0.2) is 78.9 Å². The van der Waals surface area contributed by atoms with Gasteiger partial charge in [-0.2, -0.15) is 0 Å². The second-order valence-electron chi connectivity index (χ2n) is 6.69. The minimum atomic E-state index is -0.104. The van der Waals surface area contributed by atoms with Crippen molar-refractivity contribution in [2.75, 3.05) is 5.32 Å². The average molecular weight is 385 g/mol. The molecule has 3 nitrogen and oxygen atoms in total. The van der Waals surface area contributed by atoms with Gasteiger partial charge in [0.05, 0.1) is 5.69 Å². The number of aromatic nitrogens is 1. The molecule has 1 amide bonds. The van der Waals surface area contributed by atoms with Crippen LogP contribution in [0.3, 0.4) is 0 Å². The van der Waals surface area contributed by atoms with Gasteiger partial charge >= 0.3 is 0 Å². The normalized spacial score (nSPS) is 10.6. The lowest BCUT2D eigenvalue weighted by Crippen LogP contribution is -2.11. The third-order valence-corrected chi connectivity index (χ3v) is 5.53. The van der Waals surface area contributed by atoms with E-state index in [-0.39, 0.29) is 5.91 Å². The molecule has 0 saturated heterocycles. The molecule has 138 valence electrons. The number of anilines is 1. The molecule has 1 aromatic heterocycles. The second-order valence-corrected chi connectivity index (χ2v) is 7.89. The number of nitrogens with zero attached hydrogens (tertiary/aromatic N) is 1. The third-order valence-electron chi connectivity index (χ3n) is 4.51. The van der Waals surface area contributed by atoms with E-state index < -0.39 is 0 Å². The molecule has 4 rings (SSSR count). The highest BCUT2D eigenvalue weighted by molar-refractivity contribution is 7.15. The second kappa shape index (κ2) is 7.79. The van der Waals surface area contributed by atoms with Crippen molar-refractivity contribution >= 4 is 22.9 Å². The Hall–Kier alpha value is -3.24. The van der Waals surface area contributed by atoms with E-state index in [1.165, 1.54) is 4.88 Å². The first-order chi connectivity index (χ1) is 13.6. The van der Waals surface area contributed by atoms with Crippen LogP contribution in [0.25, 0.3) is 21.8 Å². The lowest BCUT2D eigenvalue weighted by atomic mass is 10.1. The van der Waals surface area contributed by atoms with Gasteiger partial charge in [-0.25, -0.2) is 4.98 Å². The SMILES string of the molecule is Cc1cccc(C(=O)Nc2ccc(-c3nc(-c4ccccc4)sc3C)cc2)c1. The predicted octanol–water partition coefficient (Wildman–Crippen LogP) is 6.35.